The first-order valence-corrected chi connectivity index (χ1v) is 13.5. The predicted molar refractivity (Wildman–Crippen MR) is 150 cm³/mol. The molecule has 1 aliphatic heterocycles. The van der Waals surface area contributed by atoms with Crippen LogP contribution in [-0.2, 0) is 15.8 Å². The Hall–Kier alpha value is -4.51. The summed E-state index contributed by atoms with van der Waals surface area (Å²) >= 11 is 0. The maximum Gasteiger partial charge on any atom is 0.416 e. The number of rotatable bonds is 10. The van der Waals surface area contributed by atoms with E-state index in [0.29, 0.717) is 49.3 Å². The van der Waals surface area contributed by atoms with Gasteiger partial charge in [0.25, 0.3) is 0 Å². The van der Waals surface area contributed by atoms with Gasteiger partial charge in [0, 0.05) is 43.1 Å². The number of aliphatic carboxylic acids is 2. The fraction of sp³-hybridized carbons (Fsp3) is 0.281. The van der Waals surface area contributed by atoms with Crippen molar-refractivity contribution < 1.29 is 46.9 Å². The molecule has 1 saturated heterocycles. The zero-order chi connectivity index (χ0) is 31.4. The van der Waals surface area contributed by atoms with Crippen molar-refractivity contribution in [3.05, 3.63) is 114 Å². The summed E-state index contributed by atoms with van der Waals surface area (Å²) in [7, 11) is 0. The number of nitrogens with zero attached hydrogens (tertiary/aromatic N) is 1. The Morgan fingerprint density at radius 1 is 0.907 bits per heavy atom. The van der Waals surface area contributed by atoms with Crippen LogP contribution in [0.15, 0.2) is 91.0 Å². The molecule has 2 N–H and O–H groups in total. The number of hydrogen-bond acceptors (Lipinski definition) is 5. The molecule has 1 fully saturated rings. The summed E-state index contributed by atoms with van der Waals surface area (Å²) in [6.45, 7) is 2.18. The summed E-state index contributed by atoms with van der Waals surface area (Å²) in [5.41, 5.74) is 0.785. The molecule has 1 heterocycles. The fourth-order valence-corrected chi connectivity index (χ4v) is 4.67. The number of likely N-dealkylation sites (tertiary alicyclic amines) is 1. The normalized spacial score (nSPS) is 17.1. The molecule has 0 saturated carbocycles. The fourth-order valence-electron chi connectivity index (χ4n) is 4.67. The summed E-state index contributed by atoms with van der Waals surface area (Å²) in [6.07, 6.45) is -1.75. The van der Waals surface area contributed by atoms with Crippen molar-refractivity contribution in [3.63, 3.8) is 0 Å². The number of carboxylic acids is 2. The van der Waals surface area contributed by atoms with E-state index in [9.17, 15) is 31.9 Å². The van der Waals surface area contributed by atoms with E-state index >= 15 is 0 Å². The maximum atomic E-state index is 13.4. The minimum atomic E-state index is -4.38. The lowest BCUT2D eigenvalue weighted by Gasteiger charge is -2.39. The highest BCUT2D eigenvalue weighted by molar-refractivity contribution is 5.96. The van der Waals surface area contributed by atoms with Gasteiger partial charge >= 0.3 is 18.1 Å². The lowest BCUT2D eigenvalue weighted by Crippen LogP contribution is -2.44. The van der Waals surface area contributed by atoms with Crippen LogP contribution in [0, 0.1) is 5.82 Å². The first-order valence-electron chi connectivity index (χ1n) is 13.5. The summed E-state index contributed by atoms with van der Waals surface area (Å²) in [5, 5.41) is 15.6. The van der Waals surface area contributed by atoms with E-state index in [1.807, 2.05) is 30.3 Å². The number of ether oxygens (including phenoxy) is 1. The molecule has 1 aliphatic rings. The van der Waals surface area contributed by atoms with Crippen LogP contribution in [-0.4, -0.2) is 58.6 Å². The van der Waals surface area contributed by atoms with Crippen molar-refractivity contribution in [1.82, 2.24) is 4.90 Å². The quantitative estimate of drug-likeness (QED) is 0.156. The molecule has 0 radical (unpaired) electrons. The summed E-state index contributed by atoms with van der Waals surface area (Å²) in [5.74, 6) is -2.56. The molecule has 3 aromatic rings. The van der Waals surface area contributed by atoms with Crippen LogP contribution in [0.5, 0.6) is 5.75 Å². The van der Waals surface area contributed by atoms with Gasteiger partial charge in [-0.15, -0.1) is 0 Å². The number of ketones is 1. The van der Waals surface area contributed by atoms with Crippen molar-refractivity contribution in [3.8, 4) is 5.75 Å². The Morgan fingerprint density at radius 3 is 2.14 bits per heavy atom. The van der Waals surface area contributed by atoms with E-state index in [4.69, 9.17) is 14.9 Å². The van der Waals surface area contributed by atoms with E-state index < -0.39 is 29.5 Å². The van der Waals surface area contributed by atoms with Gasteiger partial charge in [0.05, 0.1) is 5.56 Å². The van der Waals surface area contributed by atoms with E-state index in [2.05, 4.69) is 4.90 Å². The van der Waals surface area contributed by atoms with Gasteiger partial charge in [-0.2, -0.15) is 13.2 Å². The van der Waals surface area contributed by atoms with Gasteiger partial charge in [-0.3, -0.25) is 4.79 Å². The second kappa shape index (κ2) is 15.6. The van der Waals surface area contributed by atoms with Gasteiger partial charge in [0.15, 0.2) is 5.78 Å². The number of hydrogen-bond donors (Lipinski definition) is 2. The zero-order valence-electron chi connectivity index (χ0n) is 23.0. The lowest BCUT2D eigenvalue weighted by molar-refractivity contribution is -0.137. The Labute approximate surface area is 246 Å². The van der Waals surface area contributed by atoms with Crippen molar-refractivity contribution in [2.45, 2.75) is 37.5 Å². The minimum Gasteiger partial charge on any atom is -0.490 e. The molecular weight excluding hydrogens is 570 g/mol. The largest absolute Gasteiger partial charge is 0.490 e. The lowest BCUT2D eigenvalue weighted by atomic mass is 9.87. The van der Waals surface area contributed by atoms with Gasteiger partial charge in [-0.1, -0.05) is 42.5 Å². The first kappa shape index (κ1) is 33.0. The van der Waals surface area contributed by atoms with Crippen molar-refractivity contribution in [2.75, 3.05) is 19.6 Å². The number of carboxylic acid groups (broad SMARTS) is 2. The number of alkyl halides is 3. The molecule has 11 heteroatoms. The van der Waals surface area contributed by atoms with Gasteiger partial charge < -0.3 is 19.8 Å². The number of benzene rings is 3. The molecule has 228 valence electrons. The molecule has 43 heavy (non-hydrogen) atoms. The smallest absolute Gasteiger partial charge is 0.416 e. The molecule has 0 amide bonds. The van der Waals surface area contributed by atoms with Crippen LogP contribution < -0.4 is 4.74 Å². The standard InChI is InChI=1S/C28H27F4NO2.C4H4O4/c29-23-9-4-8-21(18-23)26(34)10-5-16-33-17-15-27(25(19-33)20-6-2-1-3-7-20)35-24-13-11-22(12-14-24)28(30,31)32;5-3(6)1-2-4(7)8/h1-4,6-9,11-14,18,25,27H,5,10,15-17,19H2;1-2H,(H,5,6)(H,7,8)/b;2-1-/t25-,27+;/m1./s1. The van der Waals surface area contributed by atoms with Crippen LogP contribution in [0.4, 0.5) is 17.6 Å². The second-order valence-corrected chi connectivity index (χ2v) is 9.83. The number of Topliss-reactive ketones (excluding diaryl/α,β-unsaturated/α-hetero) is 1. The molecule has 0 unspecified atom stereocenters. The highest BCUT2D eigenvalue weighted by Crippen LogP contribution is 2.33. The Bertz CT molecular complexity index is 1380. The Morgan fingerprint density at radius 2 is 1.56 bits per heavy atom. The molecule has 7 nitrogen and oxygen atoms in total. The monoisotopic (exact) mass is 601 g/mol. The van der Waals surface area contributed by atoms with Crippen LogP contribution in [0.3, 0.4) is 0 Å². The van der Waals surface area contributed by atoms with Gasteiger partial charge in [0.2, 0.25) is 0 Å². The van der Waals surface area contributed by atoms with E-state index in [1.165, 1.54) is 30.3 Å². The predicted octanol–water partition coefficient (Wildman–Crippen LogP) is 6.46. The molecule has 0 aromatic heterocycles. The summed E-state index contributed by atoms with van der Waals surface area (Å²) < 4.78 is 58.2. The van der Waals surface area contributed by atoms with Crippen LogP contribution >= 0.6 is 0 Å². The van der Waals surface area contributed by atoms with E-state index in [-0.39, 0.29) is 17.8 Å². The molecule has 0 aliphatic carbocycles. The van der Waals surface area contributed by atoms with Gasteiger partial charge in [0.1, 0.15) is 17.7 Å². The Kier molecular flexibility index (Phi) is 12.0. The zero-order valence-corrected chi connectivity index (χ0v) is 23.0. The van der Waals surface area contributed by atoms with Crippen LogP contribution in [0.2, 0.25) is 0 Å². The number of piperidine rings is 1. The van der Waals surface area contributed by atoms with E-state index in [0.717, 1.165) is 30.8 Å². The number of halogens is 4. The average Bonchev–Trinajstić information content (AvgIpc) is 2.97. The van der Waals surface area contributed by atoms with Crippen molar-refractivity contribution in [2.24, 2.45) is 0 Å². The molecular formula is C32H31F4NO6. The minimum absolute atomic E-state index is 0.0335. The first-order chi connectivity index (χ1) is 20.4. The number of carbonyl (C=O) groups excluding carboxylic acids is 1. The van der Waals surface area contributed by atoms with Crippen LogP contribution in [0.25, 0.3) is 0 Å². The topological polar surface area (TPSA) is 104 Å². The average molecular weight is 602 g/mol. The summed E-state index contributed by atoms with van der Waals surface area (Å²) in [6, 6.07) is 20.5. The third kappa shape index (κ3) is 11.0. The summed E-state index contributed by atoms with van der Waals surface area (Å²) in [4.78, 5) is 33.8. The Balaban J connectivity index is 0.000000557. The molecule has 0 spiro atoms. The van der Waals surface area contributed by atoms with E-state index in [1.54, 1.807) is 6.07 Å². The highest BCUT2D eigenvalue weighted by atomic mass is 19.4. The van der Waals surface area contributed by atoms with Crippen LogP contribution in [0.1, 0.15) is 46.7 Å². The highest BCUT2D eigenvalue weighted by Gasteiger charge is 2.33. The molecule has 2 atom stereocenters. The van der Waals surface area contributed by atoms with Crippen molar-refractivity contribution in [1.29, 1.82) is 0 Å². The third-order valence-corrected chi connectivity index (χ3v) is 6.72. The molecule has 4 rings (SSSR count). The van der Waals surface area contributed by atoms with Gasteiger partial charge in [-0.25, -0.2) is 14.0 Å². The molecule has 0 bridgehead atoms. The third-order valence-electron chi connectivity index (χ3n) is 6.72. The SMILES string of the molecule is O=C(CCCN1CC[C@H](Oc2ccc(C(F)(F)F)cc2)[C@@H](c2ccccc2)C1)c1cccc(F)c1.O=C(O)/C=C\C(=O)O. The molecule has 3 aromatic carbocycles. The second-order valence-electron chi connectivity index (χ2n) is 9.83. The van der Waals surface area contributed by atoms with Crippen molar-refractivity contribution >= 4 is 17.7 Å². The number of carbonyl (C=O) groups is 3. The maximum absolute atomic E-state index is 13.4. The van der Waals surface area contributed by atoms with Gasteiger partial charge in [-0.05, 0) is 61.3 Å².